The minimum absolute atomic E-state index is 0.793. The molecule has 0 radical (unpaired) electrons. The molecule has 0 saturated heterocycles. The van der Waals surface area contributed by atoms with Gasteiger partial charge in [-0.3, -0.25) is 0 Å². The SMILES string of the molecule is CC1CC2CCCC3CC3C12C. The van der Waals surface area contributed by atoms with Gasteiger partial charge in [0.1, 0.15) is 0 Å². The van der Waals surface area contributed by atoms with Crippen LogP contribution in [0.3, 0.4) is 0 Å². The molecule has 0 aromatic carbocycles. The fraction of sp³-hybridized carbons (Fsp3) is 1.00. The zero-order valence-corrected chi connectivity index (χ0v) is 8.34. The van der Waals surface area contributed by atoms with Gasteiger partial charge in [-0.15, -0.1) is 0 Å². The van der Waals surface area contributed by atoms with Gasteiger partial charge in [-0.1, -0.05) is 26.7 Å². The maximum atomic E-state index is 2.59. The van der Waals surface area contributed by atoms with Crippen molar-refractivity contribution in [3.05, 3.63) is 0 Å². The quantitative estimate of drug-likeness (QED) is 0.514. The lowest BCUT2D eigenvalue weighted by Crippen LogP contribution is -2.47. The highest BCUT2D eigenvalue weighted by molar-refractivity contribution is 5.10. The molecule has 0 heterocycles. The lowest BCUT2D eigenvalue weighted by atomic mass is 9.51. The molecule has 3 aliphatic carbocycles. The van der Waals surface area contributed by atoms with Crippen LogP contribution in [0, 0.1) is 29.1 Å². The molecule has 3 aliphatic rings. The van der Waals surface area contributed by atoms with Crippen molar-refractivity contribution in [3.8, 4) is 0 Å². The van der Waals surface area contributed by atoms with Crippen LogP contribution in [-0.2, 0) is 0 Å². The van der Waals surface area contributed by atoms with E-state index in [2.05, 4.69) is 13.8 Å². The predicted octanol–water partition coefficient (Wildman–Crippen LogP) is 3.47. The van der Waals surface area contributed by atoms with E-state index in [0.717, 1.165) is 29.1 Å². The van der Waals surface area contributed by atoms with E-state index in [-0.39, 0.29) is 0 Å². The molecule has 0 aromatic heterocycles. The molecule has 3 rings (SSSR count). The highest BCUT2D eigenvalue weighted by atomic mass is 14.7. The summed E-state index contributed by atoms with van der Waals surface area (Å²) in [4.78, 5) is 0. The zero-order valence-electron chi connectivity index (χ0n) is 8.34. The standard InChI is InChI=1S/C12H20/c1-8-6-10-5-3-4-9-7-11(9)12(8,10)2/h8-11H,3-7H2,1-2H3. The van der Waals surface area contributed by atoms with Crippen LogP contribution in [0.15, 0.2) is 0 Å². The van der Waals surface area contributed by atoms with Gasteiger partial charge in [-0.05, 0) is 48.3 Å². The van der Waals surface area contributed by atoms with Crippen molar-refractivity contribution in [1.29, 1.82) is 0 Å². The summed E-state index contributed by atoms with van der Waals surface area (Å²) >= 11 is 0. The molecule has 0 bridgehead atoms. The molecule has 0 aromatic rings. The van der Waals surface area contributed by atoms with Crippen LogP contribution in [0.4, 0.5) is 0 Å². The lowest BCUT2D eigenvalue weighted by molar-refractivity contribution is -0.0496. The van der Waals surface area contributed by atoms with Gasteiger partial charge in [0.25, 0.3) is 0 Å². The molecule has 0 heteroatoms. The Morgan fingerprint density at radius 1 is 1.17 bits per heavy atom. The predicted molar refractivity (Wildman–Crippen MR) is 50.8 cm³/mol. The molecule has 0 N–H and O–H groups in total. The van der Waals surface area contributed by atoms with Gasteiger partial charge >= 0.3 is 0 Å². The summed E-state index contributed by atoms with van der Waals surface area (Å²) in [5, 5.41) is 0. The summed E-state index contributed by atoms with van der Waals surface area (Å²) < 4.78 is 0. The number of hydrogen-bond donors (Lipinski definition) is 0. The largest absolute Gasteiger partial charge is 0.0620 e. The van der Waals surface area contributed by atoms with Crippen LogP contribution in [0.25, 0.3) is 0 Å². The Morgan fingerprint density at radius 3 is 2.75 bits per heavy atom. The van der Waals surface area contributed by atoms with Crippen LogP contribution >= 0.6 is 0 Å². The second-order valence-electron chi connectivity index (χ2n) is 5.73. The first kappa shape index (κ1) is 7.41. The molecule has 0 spiro atoms. The van der Waals surface area contributed by atoms with Gasteiger partial charge in [0.15, 0.2) is 0 Å². The highest BCUT2D eigenvalue weighted by Gasteiger charge is 2.61. The van der Waals surface area contributed by atoms with Gasteiger partial charge in [0.05, 0.1) is 0 Å². The monoisotopic (exact) mass is 164 g/mol. The Balaban J connectivity index is 1.89. The first-order valence-electron chi connectivity index (χ1n) is 5.73. The van der Waals surface area contributed by atoms with Gasteiger partial charge < -0.3 is 0 Å². The first-order chi connectivity index (χ1) is 5.73. The molecule has 12 heavy (non-hydrogen) atoms. The van der Waals surface area contributed by atoms with E-state index in [1.807, 2.05) is 0 Å². The molecule has 5 unspecified atom stereocenters. The fourth-order valence-corrected chi connectivity index (χ4v) is 4.23. The molecule has 3 saturated carbocycles. The van der Waals surface area contributed by atoms with Crippen molar-refractivity contribution < 1.29 is 0 Å². The topological polar surface area (TPSA) is 0 Å². The summed E-state index contributed by atoms with van der Waals surface area (Å²) in [5.74, 6) is 4.46. The third-order valence-electron chi connectivity index (χ3n) is 5.43. The van der Waals surface area contributed by atoms with Crippen LogP contribution in [0.5, 0.6) is 0 Å². The van der Waals surface area contributed by atoms with E-state index in [9.17, 15) is 0 Å². The van der Waals surface area contributed by atoms with Gasteiger partial charge in [-0.2, -0.15) is 0 Å². The molecular formula is C12H20. The van der Waals surface area contributed by atoms with Crippen LogP contribution in [-0.4, -0.2) is 0 Å². The third-order valence-corrected chi connectivity index (χ3v) is 5.43. The smallest absolute Gasteiger partial charge is 0.0241 e. The van der Waals surface area contributed by atoms with Crippen molar-refractivity contribution in [2.45, 2.75) is 46.0 Å². The molecular weight excluding hydrogens is 144 g/mol. The third kappa shape index (κ3) is 0.701. The Kier molecular flexibility index (Phi) is 1.28. The fourth-order valence-electron chi connectivity index (χ4n) is 4.23. The van der Waals surface area contributed by atoms with Crippen molar-refractivity contribution >= 4 is 0 Å². The van der Waals surface area contributed by atoms with Gasteiger partial charge in [0, 0.05) is 0 Å². The van der Waals surface area contributed by atoms with E-state index < -0.39 is 0 Å². The summed E-state index contributed by atoms with van der Waals surface area (Å²) in [5.41, 5.74) is 0.793. The summed E-state index contributed by atoms with van der Waals surface area (Å²) in [6.45, 7) is 5.07. The Hall–Kier alpha value is 0. The Bertz CT molecular complexity index is 204. The second-order valence-corrected chi connectivity index (χ2v) is 5.73. The van der Waals surface area contributed by atoms with Crippen molar-refractivity contribution in [1.82, 2.24) is 0 Å². The minimum atomic E-state index is 0.793. The van der Waals surface area contributed by atoms with E-state index in [0.29, 0.717) is 0 Å². The van der Waals surface area contributed by atoms with Crippen LogP contribution in [0.2, 0.25) is 0 Å². The van der Waals surface area contributed by atoms with E-state index >= 15 is 0 Å². The average molecular weight is 164 g/mol. The van der Waals surface area contributed by atoms with Gasteiger partial charge in [-0.25, -0.2) is 0 Å². The first-order valence-corrected chi connectivity index (χ1v) is 5.73. The molecule has 0 aliphatic heterocycles. The zero-order chi connectivity index (χ0) is 8.34. The molecule has 5 atom stereocenters. The molecule has 68 valence electrons. The van der Waals surface area contributed by atoms with Crippen molar-refractivity contribution in [3.63, 3.8) is 0 Å². The highest BCUT2D eigenvalue weighted by Crippen LogP contribution is 2.69. The minimum Gasteiger partial charge on any atom is -0.0620 e. The number of fused-ring (bicyclic) bond motifs is 3. The van der Waals surface area contributed by atoms with Crippen molar-refractivity contribution in [2.75, 3.05) is 0 Å². The van der Waals surface area contributed by atoms with Crippen molar-refractivity contribution in [2.24, 2.45) is 29.1 Å². The maximum Gasteiger partial charge on any atom is -0.0241 e. The molecule has 0 amide bonds. The summed E-state index contributed by atoms with van der Waals surface area (Å²) in [6.07, 6.45) is 7.77. The number of rotatable bonds is 0. The average Bonchev–Trinajstić information content (AvgIpc) is 2.80. The Morgan fingerprint density at radius 2 is 2.00 bits per heavy atom. The molecule has 3 fully saturated rings. The summed E-state index contributed by atoms with van der Waals surface area (Å²) in [7, 11) is 0. The van der Waals surface area contributed by atoms with E-state index in [1.165, 1.54) is 6.42 Å². The van der Waals surface area contributed by atoms with Crippen LogP contribution in [0.1, 0.15) is 46.0 Å². The maximum absolute atomic E-state index is 2.59. The Labute approximate surface area is 75.7 Å². The number of hydrogen-bond acceptors (Lipinski definition) is 0. The normalized spacial score (nSPS) is 62.5. The summed E-state index contributed by atoms with van der Waals surface area (Å²) in [6, 6.07) is 0. The van der Waals surface area contributed by atoms with Gasteiger partial charge in [0.2, 0.25) is 0 Å². The van der Waals surface area contributed by atoms with E-state index in [1.54, 1.807) is 25.7 Å². The lowest BCUT2D eigenvalue weighted by Gasteiger charge is -2.54. The van der Waals surface area contributed by atoms with Crippen LogP contribution < -0.4 is 0 Å². The molecule has 0 nitrogen and oxygen atoms in total. The second kappa shape index (κ2) is 2.08. The van der Waals surface area contributed by atoms with E-state index in [4.69, 9.17) is 0 Å².